The Kier molecular flexibility index (Phi) is 6.79. The molecular weight excluding hydrogens is 437 g/mol. The number of benzene rings is 1. The van der Waals surface area contributed by atoms with Crippen molar-refractivity contribution in [1.29, 1.82) is 0 Å². The van der Waals surface area contributed by atoms with E-state index in [1.54, 1.807) is 23.5 Å². The molecule has 1 saturated heterocycles. The third kappa shape index (κ3) is 4.85. The van der Waals surface area contributed by atoms with Crippen LogP contribution in [0.1, 0.15) is 54.1 Å². The molecule has 5 nitrogen and oxygen atoms in total. The van der Waals surface area contributed by atoms with Gasteiger partial charge in [0.15, 0.2) is 0 Å². The van der Waals surface area contributed by atoms with E-state index in [1.165, 1.54) is 22.9 Å². The van der Waals surface area contributed by atoms with Crippen LogP contribution in [0.5, 0.6) is 0 Å². The third-order valence-electron chi connectivity index (χ3n) is 7.47. The maximum atomic E-state index is 14.0. The molecule has 0 spiro atoms. The molecule has 2 amide bonds. The average molecular weight is 470 g/mol. The summed E-state index contributed by atoms with van der Waals surface area (Å²) in [6, 6.07) is 8.76. The zero-order valence-corrected chi connectivity index (χ0v) is 19.9. The van der Waals surface area contributed by atoms with Crippen LogP contribution in [0.15, 0.2) is 35.7 Å². The monoisotopic (exact) mass is 469 g/mol. The predicted octanol–water partition coefficient (Wildman–Crippen LogP) is 4.09. The zero-order valence-electron chi connectivity index (χ0n) is 19.0. The van der Waals surface area contributed by atoms with Crippen LogP contribution < -0.4 is 0 Å². The van der Waals surface area contributed by atoms with Crippen molar-refractivity contribution >= 4 is 23.2 Å². The van der Waals surface area contributed by atoms with Gasteiger partial charge in [0.25, 0.3) is 0 Å². The van der Waals surface area contributed by atoms with Crippen molar-refractivity contribution in [3.63, 3.8) is 0 Å². The number of thiophene rings is 1. The topological polar surface area (TPSA) is 43.9 Å². The smallest absolute Gasteiger partial charge is 0.236 e. The van der Waals surface area contributed by atoms with Crippen molar-refractivity contribution in [2.45, 2.75) is 44.6 Å². The number of amides is 2. The largest absolute Gasteiger partial charge is 0.339 e. The van der Waals surface area contributed by atoms with Gasteiger partial charge in [0.2, 0.25) is 11.8 Å². The first-order valence-electron chi connectivity index (χ1n) is 12.2. The third-order valence-corrected chi connectivity index (χ3v) is 8.46. The standard InChI is InChI=1S/C26H32FN3O2S/c27-21-8-4-7-20(17-21)25-22-10-16-33-23(22)9-11-30(25)18-24(31)28-12-14-29(15-13-28)26(32)19-5-2-1-3-6-19/h4,7-8,10,16-17,19,25H,1-3,5-6,9,11-15,18H2. The molecule has 2 fully saturated rings. The lowest BCUT2D eigenvalue weighted by Gasteiger charge is -2.40. The minimum absolute atomic E-state index is 0.0971. The summed E-state index contributed by atoms with van der Waals surface area (Å²) in [5, 5.41) is 2.09. The fourth-order valence-corrected chi connectivity index (χ4v) is 6.57. The van der Waals surface area contributed by atoms with E-state index in [4.69, 9.17) is 0 Å². The molecule has 1 saturated carbocycles. The number of piperazine rings is 1. The Morgan fingerprint density at radius 2 is 1.73 bits per heavy atom. The van der Waals surface area contributed by atoms with Gasteiger partial charge in [0.1, 0.15) is 5.82 Å². The number of hydrogen-bond acceptors (Lipinski definition) is 4. The summed E-state index contributed by atoms with van der Waals surface area (Å²) in [6.45, 7) is 3.54. The molecule has 1 unspecified atom stereocenters. The highest BCUT2D eigenvalue weighted by Gasteiger charge is 2.34. The van der Waals surface area contributed by atoms with Crippen molar-refractivity contribution in [2.24, 2.45) is 5.92 Å². The van der Waals surface area contributed by atoms with Crippen LogP contribution in [0.4, 0.5) is 4.39 Å². The van der Waals surface area contributed by atoms with Gasteiger partial charge in [-0.2, -0.15) is 0 Å². The van der Waals surface area contributed by atoms with Gasteiger partial charge in [0.05, 0.1) is 12.6 Å². The van der Waals surface area contributed by atoms with Crippen molar-refractivity contribution < 1.29 is 14.0 Å². The summed E-state index contributed by atoms with van der Waals surface area (Å²) in [4.78, 5) is 33.5. The van der Waals surface area contributed by atoms with Crippen LogP contribution in [-0.2, 0) is 16.0 Å². The van der Waals surface area contributed by atoms with Crippen LogP contribution >= 0.6 is 11.3 Å². The molecule has 7 heteroatoms. The number of halogens is 1. The molecule has 5 rings (SSSR count). The highest BCUT2D eigenvalue weighted by atomic mass is 32.1. The Bertz CT molecular complexity index is 995. The van der Waals surface area contributed by atoms with Crippen molar-refractivity contribution in [2.75, 3.05) is 39.3 Å². The lowest BCUT2D eigenvalue weighted by molar-refractivity contribution is -0.143. The Balaban J connectivity index is 1.23. The van der Waals surface area contributed by atoms with E-state index in [0.717, 1.165) is 44.2 Å². The number of carbonyl (C=O) groups excluding carboxylic acids is 2. The molecule has 1 atom stereocenters. The second-order valence-electron chi connectivity index (χ2n) is 9.52. The van der Waals surface area contributed by atoms with E-state index in [2.05, 4.69) is 16.3 Å². The molecule has 0 radical (unpaired) electrons. The second kappa shape index (κ2) is 9.94. The van der Waals surface area contributed by atoms with Gasteiger partial charge in [-0.25, -0.2) is 4.39 Å². The lowest BCUT2D eigenvalue weighted by Crippen LogP contribution is -2.54. The molecule has 1 aromatic carbocycles. The summed E-state index contributed by atoms with van der Waals surface area (Å²) in [7, 11) is 0. The highest BCUT2D eigenvalue weighted by Crippen LogP contribution is 2.37. The average Bonchev–Trinajstić information content (AvgIpc) is 3.33. The number of nitrogens with zero attached hydrogens (tertiary/aromatic N) is 3. The van der Waals surface area contributed by atoms with Crippen molar-refractivity contribution in [3.8, 4) is 0 Å². The number of fused-ring (bicyclic) bond motifs is 1. The molecule has 3 aliphatic rings. The van der Waals surface area contributed by atoms with E-state index in [0.29, 0.717) is 32.7 Å². The lowest BCUT2D eigenvalue weighted by atomic mass is 9.88. The molecule has 1 aromatic heterocycles. The first kappa shape index (κ1) is 22.5. The normalized spacial score (nSPS) is 22.3. The predicted molar refractivity (Wildman–Crippen MR) is 128 cm³/mol. The molecule has 3 heterocycles. The number of rotatable bonds is 4. The minimum Gasteiger partial charge on any atom is -0.339 e. The first-order valence-corrected chi connectivity index (χ1v) is 13.1. The van der Waals surface area contributed by atoms with Crippen LogP contribution in [0, 0.1) is 11.7 Å². The Morgan fingerprint density at radius 1 is 0.970 bits per heavy atom. The van der Waals surface area contributed by atoms with Crippen molar-refractivity contribution in [3.05, 3.63) is 57.5 Å². The van der Waals surface area contributed by atoms with E-state index in [9.17, 15) is 14.0 Å². The maximum Gasteiger partial charge on any atom is 0.236 e. The fraction of sp³-hybridized carbons (Fsp3) is 0.538. The Hall–Kier alpha value is -2.25. The van der Waals surface area contributed by atoms with Gasteiger partial charge < -0.3 is 9.80 Å². The zero-order chi connectivity index (χ0) is 22.8. The molecule has 1 aliphatic carbocycles. The summed E-state index contributed by atoms with van der Waals surface area (Å²) in [5.74, 6) is 0.315. The SMILES string of the molecule is O=C(CN1CCc2sccc2C1c1cccc(F)c1)N1CCN(C(=O)C2CCCCC2)CC1. The molecule has 33 heavy (non-hydrogen) atoms. The Labute approximate surface area is 199 Å². The summed E-state index contributed by atoms with van der Waals surface area (Å²) < 4.78 is 14.0. The first-order chi connectivity index (χ1) is 16.1. The van der Waals surface area contributed by atoms with E-state index >= 15 is 0 Å². The van der Waals surface area contributed by atoms with Crippen LogP contribution in [0.3, 0.4) is 0 Å². The molecular formula is C26H32FN3O2S. The van der Waals surface area contributed by atoms with Gasteiger partial charge in [-0.3, -0.25) is 14.5 Å². The van der Waals surface area contributed by atoms with Crippen molar-refractivity contribution in [1.82, 2.24) is 14.7 Å². The second-order valence-corrected chi connectivity index (χ2v) is 10.5. The van der Waals surface area contributed by atoms with Gasteiger partial charge in [0, 0.05) is 43.5 Å². The van der Waals surface area contributed by atoms with Crippen LogP contribution in [0.2, 0.25) is 0 Å². The number of carbonyl (C=O) groups is 2. The summed E-state index contributed by atoms with van der Waals surface area (Å²) >= 11 is 1.74. The summed E-state index contributed by atoms with van der Waals surface area (Å²) in [5.41, 5.74) is 2.08. The summed E-state index contributed by atoms with van der Waals surface area (Å²) in [6.07, 6.45) is 6.49. The van der Waals surface area contributed by atoms with E-state index in [1.807, 2.05) is 15.9 Å². The molecule has 2 aromatic rings. The van der Waals surface area contributed by atoms with Gasteiger partial charge in [-0.05, 0) is 54.0 Å². The maximum absolute atomic E-state index is 14.0. The molecule has 2 aliphatic heterocycles. The number of hydrogen-bond donors (Lipinski definition) is 0. The quantitative estimate of drug-likeness (QED) is 0.678. The van der Waals surface area contributed by atoms with Gasteiger partial charge >= 0.3 is 0 Å². The van der Waals surface area contributed by atoms with Gasteiger partial charge in [-0.1, -0.05) is 31.4 Å². The molecule has 0 N–H and O–H groups in total. The minimum atomic E-state index is -0.250. The Morgan fingerprint density at radius 3 is 2.48 bits per heavy atom. The highest BCUT2D eigenvalue weighted by molar-refractivity contribution is 7.10. The van der Waals surface area contributed by atoms with Gasteiger partial charge in [-0.15, -0.1) is 11.3 Å². The van der Waals surface area contributed by atoms with Crippen LogP contribution in [0.25, 0.3) is 0 Å². The van der Waals surface area contributed by atoms with Crippen LogP contribution in [-0.4, -0.2) is 65.8 Å². The molecule has 0 bridgehead atoms. The molecule has 176 valence electrons. The fourth-order valence-electron chi connectivity index (χ4n) is 5.66. The van der Waals surface area contributed by atoms with E-state index < -0.39 is 0 Å². The van der Waals surface area contributed by atoms with E-state index in [-0.39, 0.29) is 29.6 Å².